The maximum absolute atomic E-state index is 4.52. The first-order chi connectivity index (χ1) is 9.72. The summed E-state index contributed by atoms with van der Waals surface area (Å²) in [7, 11) is 4.43. The van der Waals surface area contributed by atoms with E-state index in [0.717, 1.165) is 28.7 Å². The molecule has 1 aliphatic carbocycles. The molecule has 20 heavy (non-hydrogen) atoms. The Bertz CT molecular complexity index is 608. The Morgan fingerprint density at radius 3 is 2.75 bits per heavy atom. The molecule has 0 spiro atoms. The average molecular weight is 271 g/mol. The summed E-state index contributed by atoms with van der Waals surface area (Å²) in [6, 6.07) is 2.69. The second-order valence-corrected chi connectivity index (χ2v) is 6.41. The van der Waals surface area contributed by atoms with E-state index in [9.17, 15) is 0 Å². The minimum Gasteiger partial charge on any atom is -0.356 e. The van der Waals surface area contributed by atoms with Crippen LogP contribution in [0, 0.1) is 11.8 Å². The van der Waals surface area contributed by atoms with Gasteiger partial charge in [0.05, 0.1) is 5.39 Å². The van der Waals surface area contributed by atoms with Gasteiger partial charge < -0.3 is 14.8 Å². The lowest BCUT2D eigenvalue weighted by atomic mass is 10.0. The van der Waals surface area contributed by atoms with Crippen LogP contribution in [-0.2, 0) is 0 Å². The summed E-state index contributed by atoms with van der Waals surface area (Å²) in [5.41, 5.74) is 0.930. The van der Waals surface area contributed by atoms with Gasteiger partial charge in [0.1, 0.15) is 17.8 Å². The smallest absolute Gasteiger partial charge is 0.142 e. The van der Waals surface area contributed by atoms with Gasteiger partial charge in [-0.3, -0.25) is 0 Å². The third kappa shape index (κ3) is 1.80. The molecule has 0 radical (unpaired) electrons. The summed E-state index contributed by atoms with van der Waals surface area (Å²) in [5, 5.41) is 1.13. The van der Waals surface area contributed by atoms with Crippen LogP contribution in [0.3, 0.4) is 0 Å². The van der Waals surface area contributed by atoms with E-state index in [0.29, 0.717) is 6.04 Å². The molecule has 1 saturated carbocycles. The Kier molecular flexibility index (Phi) is 2.70. The number of fused-ring (bicyclic) bond motifs is 2. The Morgan fingerprint density at radius 1 is 1.25 bits per heavy atom. The molecule has 0 amide bonds. The Morgan fingerprint density at radius 2 is 2.00 bits per heavy atom. The maximum Gasteiger partial charge on any atom is 0.142 e. The minimum absolute atomic E-state index is 0.617. The number of hydrogen-bond acceptors (Lipinski definition) is 4. The van der Waals surface area contributed by atoms with E-state index in [1.54, 1.807) is 6.33 Å². The topological polar surface area (TPSA) is 48.1 Å². The van der Waals surface area contributed by atoms with E-state index in [1.807, 2.05) is 6.20 Å². The summed E-state index contributed by atoms with van der Waals surface area (Å²) >= 11 is 0. The van der Waals surface area contributed by atoms with Gasteiger partial charge in [0.15, 0.2) is 0 Å². The molecule has 0 unspecified atom stereocenters. The van der Waals surface area contributed by atoms with Gasteiger partial charge in [-0.2, -0.15) is 0 Å². The molecular formula is C15H21N5. The Hall–Kier alpha value is -1.62. The quantitative estimate of drug-likeness (QED) is 0.904. The number of rotatable bonds is 2. The zero-order valence-electron chi connectivity index (χ0n) is 12.1. The maximum atomic E-state index is 4.52. The van der Waals surface area contributed by atoms with Crippen molar-refractivity contribution in [1.29, 1.82) is 0 Å². The molecular weight excluding hydrogens is 250 g/mol. The normalized spacial score (nSPS) is 30.0. The zero-order valence-corrected chi connectivity index (χ0v) is 12.1. The highest BCUT2D eigenvalue weighted by atomic mass is 15.2. The van der Waals surface area contributed by atoms with Crippen molar-refractivity contribution in [3.05, 3.63) is 18.6 Å². The molecule has 0 bridgehead atoms. The van der Waals surface area contributed by atoms with Crippen LogP contribution in [0.2, 0.25) is 0 Å². The minimum atomic E-state index is 0.617. The van der Waals surface area contributed by atoms with E-state index < -0.39 is 0 Å². The molecule has 106 valence electrons. The molecule has 5 nitrogen and oxygen atoms in total. The van der Waals surface area contributed by atoms with Crippen molar-refractivity contribution in [2.24, 2.45) is 11.8 Å². The summed E-state index contributed by atoms with van der Waals surface area (Å²) in [4.78, 5) is 16.8. The van der Waals surface area contributed by atoms with Gasteiger partial charge in [0.2, 0.25) is 0 Å². The van der Waals surface area contributed by atoms with Gasteiger partial charge in [0, 0.05) is 32.4 Å². The third-order valence-electron chi connectivity index (χ3n) is 5.12. The molecule has 2 aromatic heterocycles. The highest BCUT2D eigenvalue weighted by Crippen LogP contribution is 2.40. The first-order valence-corrected chi connectivity index (χ1v) is 7.42. The van der Waals surface area contributed by atoms with Crippen molar-refractivity contribution in [2.45, 2.75) is 18.9 Å². The Labute approximate surface area is 119 Å². The van der Waals surface area contributed by atoms with Crippen molar-refractivity contribution >= 4 is 16.9 Å². The van der Waals surface area contributed by atoms with E-state index in [-0.39, 0.29) is 0 Å². The van der Waals surface area contributed by atoms with Crippen molar-refractivity contribution < 1.29 is 0 Å². The first-order valence-electron chi connectivity index (χ1n) is 7.42. The van der Waals surface area contributed by atoms with Crippen LogP contribution in [0.25, 0.3) is 11.0 Å². The standard InChI is InChI=1S/C15H21N5/c1-19-7-10-5-12(6-11(10)8-19)20(2)15-13-3-4-16-14(13)17-9-18-15/h3-4,9-12H,5-8H2,1-2H3,(H,16,17,18)/t10-,11+,12-. The van der Waals surface area contributed by atoms with E-state index in [1.165, 1.54) is 25.9 Å². The fourth-order valence-corrected chi connectivity index (χ4v) is 4.13. The van der Waals surface area contributed by atoms with Crippen LogP contribution < -0.4 is 4.90 Å². The molecule has 2 aromatic rings. The largest absolute Gasteiger partial charge is 0.356 e. The number of aromatic amines is 1. The van der Waals surface area contributed by atoms with Crippen LogP contribution in [0.1, 0.15) is 12.8 Å². The number of nitrogens with zero attached hydrogens (tertiary/aromatic N) is 4. The molecule has 2 aliphatic rings. The predicted molar refractivity (Wildman–Crippen MR) is 79.8 cm³/mol. The summed E-state index contributed by atoms with van der Waals surface area (Å²) in [6.07, 6.45) is 6.19. The van der Waals surface area contributed by atoms with E-state index in [4.69, 9.17) is 0 Å². The van der Waals surface area contributed by atoms with E-state index in [2.05, 4.69) is 44.9 Å². The lowest BCUT2D eigenvalue weighted by molar-refractivity contribution is 0.369. The fraction of sp³-hybridized carbons (Fsp3) is 0.600. The molecule has 2 fully saturated rings. The average Bonchev–Trinajstić information content (AvgIpc) is 3.10. The molecule has 4 rings (SSSR count). The van der Waals surface area contributed by atoms with Crippen LogP contribution in [-0.4, -0.2) is 53.1 Å². The molecule has 5 heteroatoms. The predicted octanol–water partition coefficient (Wildman–Crippen LogP) is 1.73. The number of hydrogen-bond donors (Lipinski definition) is 1. The number of likely N-dealkylation sites (tertiary alicyclic amines) is 1. The van der Waals surface area contributed by atoms with Crippen molar-refractivity contribution in [3.8, 4) is 0 Å². The van der Waals surface area contributed by atoms with Crippen molar-refractivity contribution in [3.63, 3.8) is 0 Å². The SMILES string of the molecule is CN1C[C@H]2C[C@@H](N(C)c3ncnc4[nH]ccc34)C[C@H]2C1. The third-order valence-corrected chi connectivity index (χ3v) is 5.12. The number of aromatic nitrogens is 3. The summed E-state index contributed by atoms with van der Waals surface area (Å²) in [5.74, 6) is 2.81. The number of H-pyrrole nitrogens is 1. The van der Waals surface area contributed by atoms with Gasteiger partial charge >= 0.3 is 0 Å². The first kappa shape index (κ1) is 12.1. The van der Waals surface area contributed by atoms with Crippen LogP contribution in [0.5, 0.6) is 0 Å². The molecule has 3 atom stereocenters. The van der Waals surface area contributed by atoms with Gasteiger partial charge in [-0.15, -0.1) is 0 Å². The zero-order chi connectivity index (χ0) is 13.7. The molecule has 1 aliphatic heterocycles. The van der Waals surface area contributed by atoms with E-state index >= 15 is 0 Å². The molecule has 1 saturated heterocycles. The second-order valence-electron chi connectivity index (χ2n) is 6.41. The van der Waals surface area contributed by atoms with Gasteiger partial charge in [0.25, 0.3) is 0 Å². The highest BCUT2D eigenvalue weighted by molar-refractivity contribution is 5.87. The van der Waals surface area contributed by atoms with Crippen LogP contribution in [0.15, 0.2) is 18.6 Å². The lowest BCUT2D eigenvalue weighted by Gasteiger charge is -2.27. The lowest BCUT2D eigenvalue weighted by Crippen LogP contribution is -2.32. The molecule has 0 aromatic carbocycles. The van der Waals surface area contributed by atoms with Crippen molar-refractivity contribution in [1.82, 2.24) is 19.9 Å². The second kappa shape index (κ2) is 4.45. The highest BCUT2D eigenvalue weighted by Gasteiger charge is 2.41. The van der Waals surface area contributed by atoms with Gasteiger partial charge in [-0.05, 0) is 37.8 Å². The Balaban J connectivity index is 1.59. The number of nitrogens with one attached hydrogen (secondary N) is 1. The molecule has 3 heterocycles. The van der Waals surface area contributed by atoms with Gasteiger partial charge in [-0.1, -0.05) is 0 Å². The summed E-state index contributed by atoms with van der Waals surface area (Å²) in [6.45, 7) is 2.52. The fourth-order valence-electron chi connectivity index (χ4n) is 4.13. The van der Waals surface area contributed by atoms with Crippen LogP contribution >= 0.6 is 0 Å². The number of anilines is 1. The van der Waals surface area contributed by atoms with Crippen molar-refractivity contribution in [2.75, 3.05) is 32.1 Å². The molecule has 1 N–H and O–H groups in total. The summed E-state index contributed by atoms with van der Waals surface area (Å²) < 4.78 is 0. The monoisotopic (exact) mass is 271 g/mol. The van der Waals surface area contributed by atoms with Crippen LogP contribution in [0.4, 0.5) is 5.82 Å². The van der Waals surface area contributed by atoms with Gasteiger partial charge in [-0.25, -0.2) is 9.97 Å².